The Balaban J connectivity index is 2.01. The zero-order valence-electron chi connectivity index (χ0n) is 10.2. The second-order valence-corrected chi connectivity index (χ2v) is 4.47. The third-order valence-corrected chi connectivity index (χ3v) is 3.32. The van der Waals surface area contributed by atoms with Crippen LogP contribution in [0.15, 0.2) is 59.5 Å². The van der Waals surface area contributed by atoms with Crippen molar-refractivity contribution < 1.29 is 4.42 Å². The van der Waals surface area contributed by atoms with Crippen molar-refractivity contribution in [2.24, 2.45) is 0 Å². The number of para-hydroxylation sites is 1. The van der Waals surface area contributed by atoms with Crippen molar-refractivity contribution in [2.45, 2.75) is 6.54 Å². The summed E-state index contributed by atoms with van der Waals surface area (Å²) in [5.41, 5.74) is 3.25. The first-order chi connectivity index (χ1) is 9.42. The van der Waals surface area contributed by atoms with Crippen LogP contribution < -0.4 is 0 Å². The van der Waals surface area contributed by atoms with Crippen LogP contribution in [0.25, 0.3) is 22.3 Å². The molecule has 0 N–H and O–H groups in total. The number of rotatable bonds is 2. The molecule has 0 amide bonds. The van der Waals surface area contributed by atoms with Crippen LogP contribution in [0.2, 0.25) is 0 Å². The largest absolute Gasteiger partial charge is 0.456 e. The Morgan fingerprint density at radius 1 is 1.05 bits per heavy atom. The predicted molar refractivity (Wildman–Crippen MR) is 72.0 cm³/mol. The average Bonchev–Trinajstić information content (AvgIpc) is 3.09. The van der Waals surface area contributed by atoms with Gasteiger partial charge in [-0.2, -0.15) is 5.10 Å². The molecule has 4 rings (SSSR count). The van der Waals surface area contributed by atoms with Crippen molar-refractivity contribution >= 4 is 11.0 Å². The molecule has 0 spiro atoms. The Kier molecular flexibility index (Phi) is 2.14. The van der Waals surface area contributed by atoms with Crippen LogP contribution in [0.4, 0.5) is 0 Å². The summed E-state index contributed by atoms with van der Waals surface area (Å²) in [6, 6.07) is 14.2. The van der Waals surface area contributed by atoms with Crippen LogP contribution in [-0.4, -0.2) is 14.8 Å². The normalized spacial score (nSPS) is 11.4. The maximum Gasteiger partial charge on any atom is 0.137 e. The van der Waals surface area contributed by atoms with Crippen molar-refractivity contribution in [2.75, 3.05) is 0 Å². The Labute approximate surface area is 109 Å². The van der Waals surface area contributed by atoms with Crippen molar-refractivity contribution in [3.8, 4) is 11.3 Å². The molecule has 2 heterocycles. The lowest BCUT2D eigenvalue weighted by Crippen LogP contribution is -2.02. The number of aromatic nitrogens is 3. The molecule has 2 aliphatic rings. The van der Waals surface area contributed by atoms with Gasteiger partial charge in [0, 0.05) is 10.9 Å². The van der Waals surface area contributed by atoms with E-state index in [1.165, 1.54) is 5.56 Å². The highest BCUT2D eigenvalue weighted by Gasteiger charge is 2.15. The van der Waals surface area contributed by atoms with Gasteiger partial charge in [0.15, 0.2) is 0 Å². The molecule has 1 aliphatic heterocycles. The van der Waals surface area contributed by atoms with E-state index in [9.17, 15) is 0 Å². The summed E-state index contributed by atoms with van der Waals surface area (Å²) in [5, 5.41) is 5.31. The number of hydrogen-bond donors (Lipinski definition) is 0. The molecule has 92 valence electrons. The Bertz CT molecular complexity index is 801. The predicted octanol–water partition coefficient (Wildman–Crippen LogP) is 3.18. The molecule has 19 heavy (non-hydrogen) atoms. The van der Waals surface area contributed by atoms with Gasteiger partial charge in [-0.3, -0.25) is 0 Å². The van der Waals surface area contributed by atoms with Gasteiger partial charge in [-0.1, -0.05) is 30.3 Å². The molecular weight excluding hydrogens is 238 g/mol. The maximum absolute atomic E-state index is 5.90. The van der Waals surface area contributed by atoms with Crippen LogP contribution in [0, 0.1) is 0 Å². The summed E-state index contributed by atoms with van der Waals surface area (Å²) in [6.45, 7) is 0.692. The molecule has 0 saturated heterocycles. The van der Waals surface area contributed by atoms with Crippen LogP contribution in [-0.2, 0) is 6.54 Å². The number of benzene rings is 1. The summed E-state index contributed by atoms with van der Waals surface area (Å²) >= 11 is 0. The highest BCUT2D eigenvalue weighted by molar-refractivity contribution is 5.88. The lowest BCUT2D eigenvalue weighted by Gasteiger charge is -2.11. The second-order valence-electron chi connectivity index (χ2n) is 4.47. The van der Waals surface area contributed by atoms with E-state index >= 15 is 0 Å². The Morgan fingerprint density at radius 2 is 2.00 bits per heavy atom. The monoisotopic (exact) mass is 249 g/mol. The molecule has 0 saturated carbocycles. The van der Waals surface area contributed by atoms with Gasteiger partial charge in [-0.25, -0.2) is 9.67 Å². The number of fused-ring (bicyclic) bond motifs is 2. The topological polar surface area (TPSA) is 43.9 Å². The molecule has 0 unspecified atom stereocenters. The number of nitrogens with zero attached hydrogens (tertiary/aromatic N) is 3. The molecule has 1 aliphatic carbocycles. The molecular formula is C15H11N3O. The lowest BCUT2D eigenvalue weighted by atomic mass is 10.0. The van der Waals surface area contributed by atoms with Gasteiger partial charge >= 0.3 is 0 Å². The molecule has 0 fully saturated rings. The van der Waals surface area contributed by atoms with Crippen LogP contribution >= 0.6 is 0 Å². The molecule has 1 aromatic carbocycles. The fourth-order valence-electron chi connectivity index (χ4n) is 2.46. The van der Waals surface area contributed by atoms with Crippen LogP contribution in [0.5, 0.6) is 0 Å². The fourth-order valence-corrected chi connectivity index (χ4v) is 2.46. The molecule has 2 aromatic rings. The van der Waals surface area contributed by atoms with Crippen LogP contribution in [0.1, 0.15) is 5.56 Å². The van der Waals surface area contributed by atoms with E-state index in [2.05, 4.69) is 22.2 Å². The third kappa shape index (κ3) is 1.61. The van der Waals surface area contributed by atoms with Gasteiger partial charge in [-0.15, -0.1) is 0 Å². The third-order valence-electron chi connectivity index (χ3n) is 3.32. The van der Waals surface area contributed by atoms with Gasteiger partial charge in [0.1, 0.15) is 24.0 Å². The molecule has 0 atom stereocenters. The van der Waals surface area contributed by atoms with Gasteiger partial charge in [0.25, 0.3) is 0 Å². The SMILES string of the molecule is c1cc2oc3ccccc3c(Cn3cncn3)c-2c1. The second kappa shape index (κ2) is 3.95. The van der Waals surface area contributed by atoms with Crippen molar-refractivity contribution in [1.82, 2.24) is 14.8 Å². The Hall–Kier alpha value is -2.62. The van der Waals surface area contributed by atoms with E-state index in [1.807, 2.05) is 35.0 Å². The van der Waals surface area contributed by atoms with E-state index in [4.69, 9.17) is 4.42 Å². The van der Waals surface area contributed by atoms with Gasteiger partial charge in [-0.05, 0) is 17.7 Å². The van der Waals surface area contributed by atoms with Crippen molar-refractivity contribution in [1.29, 1.82) is 0 Å². The van der Waals surface area contributed by atoms with E-state index in [1.54, 1.807) is 12.7 Å². The van der Waals surface area contributed by atoms with E-state index in [-0.39, 0.29) is 0 Å². The minimum Gasteiger partial charge on any atom is -0.456 e. The summed E-state index contributed by atoms with van der Waals surface area (Å²) in [4.78, 5) is 3.99. The van der Waals surface area contributed by atoms with Crippen molar-refractivity contribution in [3.63, 3.8) is 0 Å². The van der Waals surface area contributed by atoms with Crippen LogP contribution in [0.3, 0.4) is 0 Å². The smallest absolute Gasteiger partial charge is 0.137 e. The number of hydrogen-bond acceptors (Lipinski definition) is 3. The highest BCUT2D eigenvalue weighted by atomic mass is 16.3. The fraction of sp³-hybridized carbons (Fsp3) is 0.0667. The van der Waals surface area contributed by atoms with Gasteiger partial charge in [0.2, 0.25) is 0 Å². The minimum atomic E-state index is 0.692. The molecule has 4 heteroatoms. The first kappa shape index (κ1) is 10.3. The molecule has 0 bridgehead atoms. The first-order valence-corrected chi connectivity index (χ1v) is 6.13. The van der Waals surface area contributed by atoms with E-state index in [0.29, 0.717) is 6.54 Å². The maximum atomic E-state index is 5.90. The molecule has 1 aromatic heterocycles. The highest BCUT2D eigenvalue weighted by Crippen LogP contribution is 2.34. The van der Waals surface area contributed by atoms with E-state index in [0.717, 1.165) is 22.3 Å². The first-order valence-electron chi connectivity index (χ1n) is 6.13. The van der Waals surface area contributed by atoms with Gasteiger partial charge < -0.3 is 4.42 Å². The zero-order valence-corrected chi connectivity index (χ0v) is 10.2. The van der Waals surface area contributed by atoms with E-state index < -0.39 is 0 Å². The molecule has 0 radical (unpaired) electrons. The summed E-state index contributed by atoms with van der Waals surface area (Å²) < 4.78 is 7.73. The Morgan fingerprint density at radius 3 is 2.89 bits per heavy atom. The zero-order chi connectivity index (χ0) is 12.7. The lowest BCUT2D eigenvalue weighted by molar-refractivity contribution is 0.614. The quantitative estimate of drug-likeness (QED) is 0.548. The standard InChI is InChI=1S/C15H11N3O/c1-2-6-14-11(4-1)13(8-18-10-16-9-17-18)12-5-3-7-15(12)19-14/h1-7,9-10H,8H2. The minimum absolute atomic E-state index is 0.692. The summed E-state index contributed by atoms with van der Waals surface area (Å²) in [6.07, 6.45) is 3.28. The van der Waals surface area contributed by atoms with Gasteiger partial charge in [0.05, 0.1) is 6.54 Å². The average molecular weight is 249 g/mol. The molecule has 4 nitrogen and oxygen atoms in total. The summed E-state index contributed by atoms with van der Waals surface area (Å²) in [7, 11) is 0. The summed E-state index contributed by atoms with van der Waals surface area (Å²) in [5.74, 6) is 0.911. The van der Waals surface area contributed by atoms with Crippen molar-refractivity contribution in [3.05, 3.63) is 60.7 Å².